The van der Waals surface area contributed by atoms with Gasteiger partial charge in [-0.2, -0.15) is 0 Å². The second kappa shape index (κ2) is 11.0. The third-order valence-electron chi connectivity index (χ3n) is 5.30. The summed E-state index contributed by atoms with van der Waals surface area (Å²) in [6.07, 6.45) is 2.89. The minimum absolute atomic E-state index is 0.0199. The van der Waals surface area contributed by atoms with Gasteiger partial charge in [0.15, 0.2) is 0 Å². The van der Waals surface area contributed by atoms with Crippen molar-refractivity contribution in [1.82, 2.24) is 4.90 Å². The number of carbonyl (C=O) groups excluding carboxylic acids is 1. The highest BCUT2D eigenvalue weighted by molar-refractivity contribution is 5.72. The maximum Gasteiger partial charge on any atom is 0.310 e. The highest BCUT2D eigenvalue weighted by Gasteiger charge is 2.26. The van der Waals surface area contributed by atoms with Crippen molar-refractivity contribution in [3.63, 3.8) is 0 Å². The Morgan fingerprint density at radius 2 is 1.86 bits per heavy atom. The molecule has 4 nitrogen and oxygen atoms in total. The number of esters is 1. The fourth-order valence-corrected chi connectivity index (χ4v) is 3.83. The van der Waals surface area contributed by atoms with Crippen molar-refractivity contribution in [1.29, 1.82) is 0 Å². The average molecular weight is 382 g/mol. The highest BCUT2D eigenvalue weighted by Crippen LogP contribution is 2.23. The van der Waals surface area contributed by atoms with Gasteiger partial charge in [-0.05, 0) is 49.4 Å². The van der Waals surface area contributed by atoms with E-state index in [0.717, 1.165) is 38.9 Å². The van der Waals surface area contributed by atoms with Crippen LogP contribution >= 0.6 is 0 Å². The van der Waals surface area contributed by atoms with E-state index in [-0.39, 0.29) is 11.9 Å². The van der Waals surface area contributed by atoms with E-state index in [2.05, 4.69) is 53.4 Å². The smallest absolute Gasteiger partial charge is 0.310 e. The molecule has 150 valence electrons. The molecule has 1 atom stereocenters. The average Bonchev–Trinajstić information content (AvgIpc) is 2.75. The zero-order valence-electron chi connectivity index (χ0n) is 16.8. The minimum atomic E-state index is -0.0503. The molecule has 1 aliphatic heterocycles. The van der Waals surface area contributed by atoms with Crippen molar-refractivity contribution >= 4 is 5.97 Å². The second-order valence-corrected chi connectivity index (χ2v) is 7.28. The molecular formula is C24H31NO3. The number of likely N-dealkylation sites (tertiary alicyclic amines) is 1. The predicted octanol–water partition coefficient (Wildman–Crippen LogP) is 4.19. The molecule has 0 amide bonds. The summed E-state index contributed by atoms with van der Waals surface area (Å²) in [6, 6.07) is 19.0. The van der Waals surface area contributed by atoms with Crippen LogP contribution in [0.4, 0.5) is 0 Å². The van der Waals surface area contributed by atoms with Crippen molar-refractivity contribution in [2.75, 3.05) is 39.5 Å². The van der Waals surface area contributed by atoms with E-state index in [1.807, 2.05) is 13.0 Å². The van der Waals surface area contributed by atoms with Gasteiger partial charge in [-0.25, -0.2) is 0 Å². The topological polar surface area (TPSA) is 38.8 Å². The van der Waals surface area contributed by atoms with Crippen LogP contribution in [-0.2, 0) is 20.7 Å². The summed E-state index contributed by atoms with van der Waals surface area (Å²) in [7, 11) is 0. The second-order valence-electron chi connectivity index (χ2n) is 7.28. The number of rotatable bonds is 9. The number of nitrogens with zero attached hydrogens (tertiary/aromatic N) is 1. The summed E-state index contributed by atoms with van der Waals surface area (Å²) >= 11 is 0. The molecule has 0 saturated carbocycles. The van der Waals surface area contributed by atoms with Crippen molar-refractivity contribution in [2.24, 2.45) is 5.92 Å². The zero-order chi connectivity index (χ0) is 19.6. The summed E-state index contributed by atoms with van der Waals surface area (Å²) in [6.45, 7) is 6.43. The van der Waals surface area contributed by atoms with Crippen LogP contribution in [0, 0.1) is 5.92 Å². The molecule has 1 heterocycles. The standard InChI is InChI=1S/C24H31NO3/c1-2-28-24(26)22-12-8-15-25(19-22)16-18-27-17-14-21-11-6-7-13-23(21)20-9-4-3-5-10-20/h3-7,9-11,13,22H,2,8,12,14-19H2,1H3/t22-/m1/s1. The van der Waals surface area contributed by atoms with Gasteiger partial charge < -0.3 is 14.4 Å². The van der Waals surface area contributed by atoms with Gasteiger partial charge in [0.05, 0.1) is 25.7 Å². The Morgan fingerprint density at radius 1 is 1.07 bits per heavy atom. The van der Waals surface area contributed by atoms with E-state index in [1.54, 1.807) is 0 Å². The van der Waals surface area contributed by atoms with Gasteiger partial charge in [0, 0.05) is 13.1 Å². The van der Waals surface area contributed by atoms with Crippen molar-refractivity contribution < 1.29 is 14.3 Å². The molecular weight excluding hydrogens is 350 g/mol. The third-order valence-corrected chi connectivity index (χ3v) is 5.30. The maximum atomic E-state index is 11.9. The summed E-state index contributed by atoms with van der Waals surface area (Å²) in [5.74, 6) is -0.0305. The molecule has 0 aromatic heterocycles. The zero-order valence-corrected chi connectivity index (χ0v) is 16.8. The molecule has 1 aliphatic rings. The molecule has 0 unspecified atom stereocenters. The Balaban J connectivity index is 1.42. The molecule has 1 saturated heterocycles. The van der Waals surface area contributed by atoms with E-state index >= 15 is 0 Å². The van der Waals surface area contributed by atoms with E-state index < -0.39 is 0 Å². The normalized spacial score (nSPS) is 17.4. The first-order valence-corrected chi connectivity index (χ1v) is 10.4. The predicted molar refractivity (Wildman–Crippen MR) is 112 cm³/mol. The molecule has 1 fully saturated rings. The van der Waals surface area contributed by atoms with Crippen LogP contribution in [0.5, 0.6) is 0 Å². The minimum Gasteiger partial charge on any atom is -0.466 e. The Hall–Kier alpha value is -2.17. The van der Waals surface area contributed by atoms with Crippen LogP contribution < -0.4 is 0 Å². The lowest BCUT2D eigenvalue weighted by molar-refractivity contribution is -0.150. The molecule has 2 aromatic rings. The highest BCUT2D eigenvalue weighted by atomic mass is 16.5. The van der Waals surface area contributed by atoms with Crippen molar-refractivity contribution in [3.8, 4) is 11.1 Å². The first-order valence-electron chi connectivity index (χ1n) is 10.4. The molecule has 0 N–H and O–H groups in total. The molecule has 2 aromatic carbocycles. The summed E-state index contributed by atoms with van der Waals surface area (Å²) in [5, 5.41) is 0. The van der Waals surface area contributed by atoms with E-state index in [0.29, 0.717) is 19.8 Å². The number of benzene rings is 2. The summed E-state index contributed by atoms with van der Waals surface area (Å²) in [5.41, 5.74) is 3.84. The maximum absolute atomic E-state index is 11.9. The molecule has 4 heteroatoms. The number of piperidine rings is 1. The van der Waals surface area contributed by atoms with Crippen molar-refractivity contribution in [2.45, 2.75) is 26.2 Å². The lowest BCUT2D eigenvalue weighted by atomic mass is 9.98. The largest absolute Gasteiger partial charge is 0.466 e. The van der Waals surface area contributed by atoms with Crippen LogP contribution in [0.2, 0.25) is 0 Å². The third kappa shape index (κ3) is 5.91. The van der Waals surface area contributed by atoms with Gasteiger partial charge in [-0.1, -0.05) is 54.6 Å². The molecule has 3 rings (SSSR count). The number of hydrogen-bond donors (Lipinski definition) is 0. The fourth-order valence-electron chi connectivity index (χ4n) is 3.83. The van der Waals surface area contributed by atoms with Gasteiger partial charge >= 0.3 is 5.97 Å². The Kier molecular flexibility index (Phi) is 8.07. The van der Waals surface area contributed by atoms with E-state index in [1.165, 1.54) is 16.7 Å². The fraction of sp³-hybridized carbons (Fsp3) is 0.458. The molecule has 0 radical (unpaired) electrons. The lowest BCUT2D eigenvalue weighted by Gasteiger charge is -2.31. The Bertz CT molecular complexity index is 732. The molecule has 0 aliphatic carbocycles. The molecule has 0 bridgehead atoms. The van der Waals surface area contributed by atoms with Gasteiger partial charge in [-0.15, -0.1) is 0 Å². The summed E-state index contributed by atoms with van der Waals surface area (Å²) in [4.78, 5) is 14.3. The van der Waals surface area contributed by atoms with Crippen LogP contribution in [-0.4, -0.2) is 50.3 Å². The van der Waals surface area contributed by atoms with Gasteiger partial charge in [0.2, 0.25) is 0 Å². The first-order chi connectivity index (χ1) is 13.8. The molecule has 28 heavy (non-hydrogen) atoms. The van der Waals surface area contributed by atoms with Gasteiger partial charge in [0.1, 0.15) is 0 Å². The van der Waals surface area contributed by atoms with Crippen LogP contribution in [0.15, 0.2) is 54.6 Å². The molecule has 0 spiro atoms. The number of hydrogen-bond acceptors (Lipinski definition) is 4. The van der Waals surface area contributed by atoms with Gasteiger partial charge in [0.25, 0.3) is 0 Å². The van der Waals surface area contributed by atoms with E-state index in [9.17, 15) is 4.79 Å². The SMILES string of the molecule is CCOC(=O)[C@@H]1CCCN(CCOCCc2ccccc2-c2ccccc2)C1. The Morgan fingerprint density at radius 3 is 2.68 bits per heavy atom. The van der Waals surface area contributed by atoms with E-state index in [4.69, 9.17) is 9.47 Å². The van der Waals surface area contributed by atoms with Crippen LogP contribution in [0.3, 0.4) is 0 Å². The monoisotopic (exact) mass is 381 g/mol. The number of ether oxygens (including phenoxy) is 2. The van der Waals surface area contributed by atoms with Crippen LogP contribution in [0.25, 0.3) is 11.1 Å². The summed E-state index contributed by atoms with van der Waals surface area (Å²) < 4.78 is 11.1. The quantitative estimate of drug-likeness (QED) is 0.482. The lowest BCUT2D eigenvalue weighted by Crippen LogP contribution is -2.40. The Labute approximate surface area is 168 Å². The van der Waals surface area contributed by atoms with Crippen molar-refractivity contribution in [3.05, 3.63) is 60.2 Å². The first kappa shape index (κ1) is 20.6. The number of carbonyl (C=O) groups is 1. The van der Waals surface area contributed by atoms with Gasteiger partial charge in [-0.3, -0.25) is 4.79 Å². The van der Waals surface area contributed by atoms with Crippen LogP contribution in [0.1, 0.15) is 25.3 Å².